The maximum atomic E-state index is 12.1. The minimum atomic E-state index is -1.26. The van der Waals surface area contributed by atoms with Crippen molar-refractivity contribution in [1.82, 2.24) is 20.2 Å². The van der Waals surface area contributed by atoms with Crippen molar-refractivity contribution in [3.63, 3.8) is 0 Å². The van der Waals surface area contributed by atoms with E-state index in [1.54, 1.807) is 22.9 Å². The van der Waals surface area contributed by atoms with Gasteiger partial charge in [0.2, 0.25) is 5.91 Å². The summed E-state index contributed by atoms with van der Waals surface area (Å²) in [6.45, 7) is 2.55. The number of aromatic nitrogens is 4. The zero-order valence-corrected chi connectivity index (χ0v) is 12.0. The Hall–Kier alpha value is -2.77. The van der Waals surface area contributed by atoms with E-state index in [0.717, 1.165) is 5.56 Å². The lowest BCUT2D eigenvalue weighted by molar-refractivity contribution is -0.147. The Morgan fingerprint density at radius 2 is 2.18 bits per heavy atom. The predicted molar refractivity (Wildman–Crippen MR) is 76.9 cm³/mol. The molecule has 1 aliphatic rings. The van der Waals surface area contributed by atoms with Gasteiger partial charge in [-0.15, -0.1) is 5.10 Å². The number of hydrogen-bond donors (Lipinski definition) is 2. The first-order chi connectivity index (χ1) is 10.6. The van der Waals surface area contributed by atoms with E-state index in [1.807, 2.05) is 13.0 Å². The maximum Gasteiger partial charge on any atom is 0.319 e. The van der Waals surface area contributed by atoms with Crippen LogP contribution in [0.1, 0.15) is 19.8 Å². The summed E-state index contributed by atoms with van der Waals surface area (Å²) in [4.78, 5) is 23.3. The number of rotatable bonds is 5. The molecule has 8 nitrogen and oxygen atoms in total. The van der Waals surface area contributed by atoms with Crippen molar-refractivity contribution in [2.75, 3.05) is 5.32 Å². The van der Waals surface area contributed by atoms with E-state index in [4.69, 9.17) is 5.11 Å². The van der Waals surface area contributed by atoms with E-state index in [-0.39, 0.29) is 0 Å². The molecule has 1 aromatic heterocycles. The van der Waals surface area contributed by atoms with Gasteiger partial charge in [-0.05, 0) is 42.3 Å². The quantitative estimate of drug-likeness (QED) is 0.802. The maximum absolute atomic E-state index is 12.1. The van der Waals surface area contributed by atoms with Crippen LogP contribution in [0.5, 0.6) is 0 Å². The van der Waals surface area contributed by atoms with Crippen LogP contribution in [0.3, 0.4) is 0 Å². The Labute approximate surface area is 126 Å². The standard InChI is InChI=1S/C14H15N5O3/c1-2-19-11(16-17-18-19)9-4-3-5-10(8-9)15-12(20)14(6-7-14)13(21)22/h3-5,8H,2,6-7H2,1H3,(H,15,20)(H,21,22). The molecule has 0 bridgehead atoms. The summed E-state index contributed by atoms with van der Waals surface area (Å²) in [7, 11) is 0. The Kier molecular flexibility index (Phi) is 3.36. The second-order valence-corrected chi connectivity index (χ2v) is 5.24. The van der Waals surface area contributed by atoms with Crippen molar-refractivity contribution in [2.45, 2.75) is 26.3 Å². The highest BCUT2D eigenvalue weighted by Gasteiger charge is 2.57. The van der Waals surface area contributed by atoms with Crippen LogP contribution in [0.4, 0.5) is 5.69 Å². The SMILES string of the molecule is CCn1nnnc1-c1cccc(NC(=O)C2(C(=O)O)CC2)c1. The number of tetrazole rings is 1. The van der Waals surface area contributed by atoms with Crippen LogP contribution in [0.15, 0.2) is 24.3 Å². The predicted octanol–water partition coefficient (Wildman–Crippen LogP) is 1.16. The monoisotopic (exact) mass is 301 g/mol. The number of amides is 1. The molecular formula is C14H15N5O3. The molecule has 2 aromatic rings. The van der Waals surface area contributed by atoms with Gasteiger partial charge in [-0.1, -0.05) is 12.1 Å². The Morgan fingerprint density at radius 3 is 2.82 bits per heavy atom. The molecule has 0 unspecified atom stereocenters. The third-order valence-electron chi connectivity index (χ3n) is 3.80. The second kappa shape index (κ2) is 5.21. The molecule has 1 fully saturated rings. The van der Waals surface area contributed by atoms with Crippen LogP contribution in [0.25, 0.3) is 11.4 Å². The summed E-state index contributed by atoms with van der Waals surface area (Å²) in [5.41, 5.74) is 0.0200. The number of carboxylic acids is 1. The number of nitrogens with zero attached hydrogens (tertiary/aromatic N) is 4. The molecule has 2 N–H and O–H groups in total. The number of benzene rings is 1. The normalized spacial score (nSPS) is 15.3. The van der Waals surface area contributed by atoms with Crippen LogP contribution in [0, 0.1) is 5.41 Å². The molecule has 1 heterocycles. The fourth-order valence-corrected chi connectivity index (χ4v) is 2.27. The topological polar surface area (TPSA) is 110 Å². The number of aryl methyl sites for hydroxylation is 1. The molecule has 0 saturated heterocycles. The van der Waals surface area contributed by atoms with Gasteiger partial charge in [0, 0.05) is 17.8 Å². The fraction of sp³-hybridized carbons (Fsp3) is 0.357. The molecule has 0 spiro atoms. The van der Waals surface area contributed by atoms with Gasteiger partial charge >= 0.3 is 5.97 Å². The number of nitrogens with one attached hydrogen (secondary N) is 1. The fourth-order valence-electron chi connectivity index (χ4n) is 2.27. The zero-order valence-electron chi connectivity index (χ0n) is 12.0. The number of aliphatic carboxylic acids is 1. The highest BCUT2D eigenvalue weighted by Crippen LogP contribution is 2.46. The molecule has 0 aliphatic heterocycles. The highest BCUT2D eigenvalue weighted by molar-refractivity contribution is 6.10. The summed E-state index contributed by atoms with van der Waals surface area (Å²) in [6, 6.07) is 7.03. The molecule has 114 valence electrons. The van der Waals surface area contributed by atoms with Crippen LogP contribution in [0.2, 0.25) is 0 Å². The van der Waals surface area contributed by atoms with Crippen molar-refractivity contribution in [1.29, 1.82) is 0 Å². The van der Waals surface area contributed by atoms with Gasteiger partial charge in [0.15, 0.2) is 5.82 Å². The molecule has 1 saturated carbocycles. The summed E-state index contributed by atoms with van der Waals surface area (Å²) in [6.07, 6.45) is 0.754. The summed E-state index contributed by atoms with van der Waals surface area (Å²) in [5.74, 6) is -0.957. The third-order valence-corrected chi connectivity index (χ3v) is 3.80. The average molecular weight is 301 g/mol. The number of carbonyl (C=O) groups is 2. The van der Waals surface area contributed by atoms with Gasteiger partial charge in [-0.3, -0.25) is 9.59 Å². The minimum absolute atomic E-state index is 0.377. The zero-order chi connectivity index (χ0) is 15.7. The van der Waals surface area contributed by atoms with Gasteiger partial charge in [0.25, 0.3) is 0 Å². The lowest BCUT2D eigenvalue weighted by Crippen LogP contribution is -2.31. The van der Waals surface area contributed by atoms with Crippen molar-refractivity contribution in [2.24, 2.45) is 5.41 Å². The number of carbonyl (C=O) groups excluding carboxylic acids is 1. The van der Waals surface area contributed by atoms with E-state index in [0.29, 0.717) is 30.9 Å². The summed E-state index contributed by atoms with van der Waals surface area (Å²) >= 11 is 0. The Balaban J connectivity index is 1.83. The molecule has 22 heavy (non-hydrogen) atoms. The first kappa shape index (κ1) is 14.2. The van der Waals surface area contributed by atoms with Crippen molar-refractivity contribution < 1.29 is 14.7 Å². The van der Waals surface area contributed by atoms with Crippen molar-refractivity contribution in [3.05, 3.63) is 24.3 Å². The lowest BCUT2D eigenvalue weighted by atomic mass is 10.1. The Morgan fingerprint density at radius 1 is 1.41 bits per heavy atom. The van der Waals surface area contributed by atoms with E-state index in [9.17, 15) is 9.59 Å². The number of carboxylic acid groups (broad SMARTS) is 1. The number of anilines is 1. The first-order valence-corrected chi connectivity index (χ1v) is 6.98. The molecule has 1 aromatic carbocycles. The largest absolute Gasteiger partial charge is 0.480 e. The number of hydrogen-bond acceptors (Lipinski definition) is 5. The minimum Gasteiger partial charge on any atom is -0.480 e. The third kappa shape index (κ3) is 2.32. The molecule has 3 rings (SSSR count). The van der Waals surface area contributed by atoms with E-state index in [2.05, 4.69) is 20.8 Å². The second-order valence-electron chi connectivity index (χ2n) is 5.24. The summed E-state index contributed by atoms with van der Waals surface area (Å²) in [5, 5.41) is 23.3. The van der Waals surface area contributed by atoms with Crippen LogP contribution in [-0.2, 0) is 16.1 Å². The van der Waals surface area contributed by atoms with Gasteiger partial charge in [-0.25, -0.2) is 4.68 Å². The van der Waals surface area contributed by atoms with Crippen LogP contribution in [-0.4, -0.2) is 37.2 Å². The van der Waals surface area contributed by atoms with Gasteiger partial charge in [0.05, 0.1) is 0 Å². The van der Waals surface area contributed by atoms with Crippen LogP contribution >= 0.6 is 0 Å². The van der Waals surface area contributed by atoms with Crippen molar-refractivity contribution >= 4 is 17.6 Å². The smallest absolute Gasteiger partial charge is 0.319 e. The van der Waals surface area contributed by atoms with Crippen LogP contribution < -0.4 is 5.32 Å². The van der Waals surface area contributed by atoms with E-state index < -0.39 is 17.3 Å². The molecule has 0 atom stereocenters. The van der Waals surface area contributed by atoms with Crippen molar-refractivity contribution in [3.8, 4) is 11.4 Å². The van der Waals surface area contributed by atoms with E-state index >= 15 is 0 Å². The molecule has 1 aliphatic carbocycles. The molecular weight excluding hydrogens is 286 g/mol. The highest BCUT2D eigenvalue weighted by atomic mass is 16.4. The van der Waals surface area contributed by atoms with Gasteiger partial charge < -0.3 is 10.4 Å². The van der Waals surface area contributed by atoms with E-state index in [1.165, 1.54) is 0 Å². The molecule has 1 amide bonds. The van der Waals surface area contributed by atoms with Gasteiger partial charge in [-0.2, -0.15) is 0 Å². The first-order valence-electron chi connectivity index (χ1n) is 6.98. The molecule has 8 heteroatoms. The lowest BCUT2D eigenvalue weighted by Gasteiger charge is -2.11. The van der Waals surface area contributed by atoms with Gasteiger partial charge in [0.1, 0.15) is 5.41 Å². The molecule has 0 radical (unpaired) electrons. The Bertz CT molecular complexity index is 736. The average Bonchev–Trinajstić information content (AvgIpc) is 3.19. The summed E-state index contributed by atoms with van der Waals surface area (Å²) < 4.78 is 1.64.